The fourth-order valence-electron chi connectivity index (χ4n) is 2.24. The Morgan fingerprint density at radius 2 is 2.04 bits per heavy atom. The molecule has 0 atom stereocenters. The number of carbonyl (C=O) groups is 1. The number of unbranched alkanes of at least 4 members (excludes halogenated alkanes) is 1. The number of likely N-dealkylation sites (N-methyl/N-ethyl adjacent to an activating group) is 1. The zero-order valence-electron chi connectivity index (χ0n) is 15.7. The molecule has 1 aromatic rings. The van der Waals surface area contributed by atoms with Crippen molar-refractivity contribution >= 4 is 5.91 Å². The van der Waals surface area contributed by atoms with E-state index >= 15 is 0 Å². The van der Waals surface area contributed by atoms with Crippen LogP contribution < -0.4 is 11.1 Å². The number of carbonyl (C=O) groups excluding carboxylic acids is 1. The van der Waals surface area contributed by atoms with Crippen LogP contribution in [0, 0.1) is 5.41 Å². The Bertz CT molecular complexity index is 480. The Hall–Kier alpha value is -1.47. The van der Waals surface area contributed by atoms with Crippen molar-refractivity contribution in [3.05, 3.63) is 11.9 Å². The second kappa shape index (κ2) is 10.4. The average molecular weight is 339 g/mol. The summed E-state index contributed by atoms with van der Waals surface area (Å²) in [6.07, 6.45) is 6.10. The van der Waals surface area contributed by atoms with Gasteiger partial charge in [0.25, 0.3) is 0 Å². The van der Waals surface area contributed by atoms with Gasteiger partial charge in [-0.1, -0.05) is 26.0 Å². The SMILES string of the molecule is CN(CCCCc1cn(CCCN)nn1)CCNC(=O)C(C)(C)C. The van der Waals surface area contributed by atoms with Crippen molar-refractivity contribution in [3.63, 3.8) is 0 Å². The smallest absolute Gasteiger partial charge is 0.225 e. The van der Waals surface area contributed by atoms with Gasteiger partial charge in [0.05, 0.1) is 5.69 Å². The van der Waals surface area contributed by atoms with E-state index in [-0.39, 0.29) is 11.3 Å². The van der Waals surface area contributed by atoms with Gasteiger partial charge in [-0.05, 0) is 45.8 Å². The van der Waals surface area contributed by atoms with E-state index in [9.17, 15) is 4.79 Å². The number of nitrogens with one attached hydrogen (secondary N) is 1. The predicted molar refractivity (Wildman–Crippen MR) is 96.6 cm³/mol. The summed E-state index contributed by atoms with van der Waals surface area (Å²) in [5.74, 6) is 0.105. The van der Waals surface area contributed by atoms with E-state index in [0.29, 0.717) is 13.1 Å². The van der Waals surface area contributed by atoms with Crippen molar-refractivity contribution in [1.82, 2.24) is 25.2 Å². The van der Waals surface area contributed by atoms with Crippen molar-refractivity contribution in [2.75, 3.05) is 33.2 Å². The Kier molecular flexibility index (Phi) is 8.92. The first-order valence-corrected chi connectivity index (χ1v) is 8.89. The number of nitrogens with zero attached hydrogens (tertiary/aromatic N) is 4. The molecule has 0 aliphatic heterocycles. The number of hydrogen-bond acceptors (Lipinski definition) is 5. The Morgan fingerprint density at radius 1 is 1.29 bits per heavy atom. The first kappa shape index (κ1) is 20.6. The second-order valence-corrected chi connectivity index (χ2v) is 7.38. The molecule has 0 fully saturated rings. The maximum absolute atomic E-state index is 11.8. The molecule has 1 heterocycles. The third-order valence-corrected chi connectivity index (χ3v) is 3.86. The number of aryl methyl sites for hydroxylation is 2. The zero-order valence-corrected chi connectivity index (χ0v) is 15.7. The lowest BCUT2D eigenvalue weighted by molar-refractivity contribution is -0.128. The highest BCUT2D eigenvalue weighted by Crippen LogP contribution is 2.11. The molecule has 0 saturated carbocycles. The molecule has 0 unspecified atom stereocenters. The molecule has 7 nitrogen and oxygen atoms in total. The Balaban J connectivity index is 2.10. The van der Waals surface area contributed by atoms with Crippen LogP contribution in [0.25, 0.3) is 0 Å². The number of aromatic nitrogens is 3. The maximum Gasteiger partial charge on any atom is 0.225 e. The fraction of sp³-hybridized carbons (Fsp3) is 0.824. The molecule has 24 heavy (non-hydrogen) atoms. The maximum atomic E-state index is 11.8. The van der Waals surface area contributed by atoms with Crippen LogP contribution in [0.4, 0.5) is 0 Å². The van der Waals surface area contributed by atoms with Gasteiger partial charge in [-0.3, -0.25) is 9.48 Å². The molecule has 1 aromatic heterocycles. The lowest BCUT2D eigenvalue weighted by Crippen LogP contribution is -2.39. The number of rotatable bonds is 11. The van der Waals surface area contributed by atoms with Gasteiger partial charge in [-0.2, -0.15) is 0 Å². The quantitative estimate of drug-likeness (QED) is 0.589. The summed E-state index contributed by atoms with van der Waals surface area (Å²) in [6.45, 7) is 9.89. The predicted octanol–water partition coefficient (Wildman–Crippen LogP) is 1.04. The molecule has 1 rings (SSSR count). The first-order chi connectivity index (χ1) is 11.3. The van der Waals surface area contributed by atoms with Crippen molar-refractivity contribution in [2.24, 2.45) is 11.1 Å². The van der Waals surface area contributed by atoms with E-state index in [1.165, 1.54) is 0 Å². The third kappa shape index (κ3) is 8.40. The molecular weight excluding hydrogens is 304 g/mol. The molecule has 0 aromatic carbocycles. The molecule has 0 spiro atoms. The number of hydrogen-bond donors (Lipinski definition) is 2. The van der Waals surface area contributed by atoms with E-state index in [1.54, 1.807) is 0 Å². The fourth-order valence-corrected chi connectivity index (χ4v) is 2.24. The molecule has 7 heteroatoms. The number of amides is 1. The highest BCUT2D eigenvalue weighted by molar-refractivity contribution is 5.81. The standard InChI is InChI=1S/C17H34N6O/c1-17(2,3)16(24)19-10-13-22(4)11-6-5-8-15-14-23(21-20-15)12-7-9-18/h14H,5-13,18H2,1-4H3,(H,19,24). The minimum absolute atomic E-state index is 0.105. The topological polar surface area (TPSA) is 89.1 Å². The summed E-state index contributed by atoms with van der Waals surface area (Å²) in [7, 11) is 2.09. The zero-order chi connectivity index (χ0) is 18.0. The van der Waals surface area contributed by atoms with Crippen molar-refractivity contribution in [1.29, 1.82) is 0 Å². The van der Waals surface area contributed by atoms with E-state index < -0.39 is 0 Å². The lowest BCUT2D eigenvalue weighted by atomic mass is 9.96. The van der Waals surface area contributed by atoms with Gasteiger partial charge in [0.2, 0.25) is 5.91 Å². The molecule has 138 valence electrons. The van der Waals surface area contributed by atoms with Crippen molar-refractivity contribution in [2.45, 2.75) is 53.0 Å². The summed E-state index contributed by atoms with van der Waals surface area (Å²) in [5.41, 5.74) is 6.22. The Morgan fingerprint density at radius 3 is 2.71 bits per heavy atom. The van der Waals surface area contributed by atoms with Gasteiger partial charge in [0.1, 0.15) is 0 Å². The number of nitrogens with two attached hydrogens (primary N) is 1. The molecular formula is C17H34N6O. The molecule has 0 aliphatic carbocycles. The summed E-state index contributed by atoms with van der Waals surface area (Å²) < 4.78 is 1.87. The minimum atomic E-state index is -0.319. The molecule has 0 bridgehead atoms. The van der Waals surface area contributed by atoms with Crippen LogP contribution in [0.2, 0.25) is 0 Å². The highest BCUT2D eigenvalue weighted by Gasteiger charge is 2.20. The molecule has 0 saturated heterocycles. The van der Waals surface area contributed by atoms with E-state index in [4.69, 9.17) is 5.73 Å². The molecule has 1 amide bonds. The van der Waals surface area contributed by atoms with Crippen LogP contribution in [0.1, 0.15) is 45.7 Å². The second-order valence-electron chi connectivity index (χ2n) is 7.38. The first-order valence-electron chi connectivity index (χ1n) is 8.89. The van der Waals surface area contributed by atoms with Crippen LogP contribution in [0.3, 0.4) is 0 Å². The van der Waals surface area contributed by atoms with E-state index in [0.717, 1.165) is 51.0 Å². The lowest BCUT2D eigenvalue weighted by Gasteiger charge is -2.20. The Labute approximate surface area is 146 Å². The van der Waals surface area contributed by atoms with Gasteiger partial charge < -0.3 is 16.0 Å². The summed E-state index contributed by atoms with van der Waals surface area (Å²) in [4.78, 5) is 14.0. The summed E-state index contributed by atoms with van der Waals surface area (Å²) in [5, 5.41) is 11.3. The van der Waals surface area contributed by atoms with E-state index in [2.05, 4.69) is 27.6 Å². The average Bonchev–Trinajstić information content (AvgIpc) is 2.96. The van der Waals surface area contributed by atoms with Crippen LogP contribution in [0.15, 0.2) is 6.20 Å². The molecule has 0 aliphatic rings. The highest BCUT2D eigenvalue weighted by atomic mass is 16.2. The van der Waals surface area contributed by atoms with Crippen LogP contribution >= 0.6 is 0 Å². The summed E-state index contributed by atoms with van der Waals surface area (Å²) >= 11 is 0. The minimum Gasteiger partial charge on any atom is -0.354 e. The van der Waals surface area contributed by atoms with Gasteiger partial charge in [-0.25, -0.2) is 0 Å². The van der Waals surface area contributed by atoms with Gasteiger partial charge in [-0.15, -0.1) is 5.10 Å². The molecule has 3 N–H and O–H groups in total. The van der Waals surface area contributed by atoms with Crippen LogP contribution in [-0.2, 0) is 17.8 Å². The van der Waals surface area contributed by atoms with E-state index in [1.807, 2.05) is 31.6 Å². The molecule has 0 radical (unpaired) electrons. The van der Waals surface area contributed by atoms with Gasteiger partial charge >= 0.3 is 0 Å². The monoisotopic (exact) mass is 338 g/mol. The normalized spacial score (nSPS) is 11.9. The van der Waals surface area contributed by atoms with Crippen molar-refractivity contribution in [3.8, 4) is 0 Å². The van der Waals surface area contributed by atoms with Gasteiger partial charge in [0.15, 0.2) is 0 Å². The largest absolute Gasteiger partial charge is 0.354 e. The summed E-state index contributed by atoms with van der Waals surface area (Å²) in [6, 6.07) is 0. The van der Waals surface area contributed by atoms with Crippen LogP contribution in [0.5, 0.6) is 0 Å². The van der Waals surface area contributed by atoms with Crippen molar-refractivity contribution < 1.29 is 4.79 Å². The third-order valence-electron chi connectivity index (χ3n) is 3.86. The van der Waals surface area contributed by atoms with Gasteiger partial charge in [0, 0.05) is 31.2 Å². The van der Waals surface area contributed by atoms with Crippen LogP contribution in [-0.4, -0.2) is 59.0 Å².